The first-order chi connectivity index (χ1) is 13.3. The molecule has 0 fully saturated rings. The van der Waals surface area contributed by atoms with Gasteiger partial charge in [0.2, 0.25) is 0 Å². The molecule has 0 saturated heterocycles. The average molecular weight is 396 g/mol. The summed E-state index contributed by atoms with van der Waals surface area (Å²) in [4.78, 5) is 12.4. The molecule has 1 N–H and O–H groups in total. The van der Waals surface area contributed by atoms with Crippen LogP contribution in [0.25, 0.3) is 0 Å². The normalized spacial score (nSPS) is 12.0. The molecule has 1 amide bonds. The lowest BCUT2D eigenvalue weighted by Gasteiger charge is -2.03. The fourth-order valence-corrected chi connectivity index (χ4v) is 3.79. The van der Waals surface area contributed by atoms with Gasteiger partial charge in [-0.2, -0.15) is 5.10 Å². The number of sulfone groups is 1. The van der Waals surface area contributed by atoms with Crippen LogP contribution in [-0.4, -0.2) is 20.0 Å². The van der Waals surface area contributed by atoms with E-state index in [1.54, 1.807) is 25.1 Å². The van der Waals surface area contributed by atoms with Gasteiger partial charge in [-0.05, 0) is 43.7 Å². The Bertz CT molecular complexity index is 1100. The van der Waals surface area contributed by atoms with Crippen molar-refractivity contribution in [2.45, 2.75) is 24.5 Å². The fourth-order valence-electron chi connectivity index (χ4n) is 2.53. The Balaban J connectivity index is 1.67. The third kappa shape index (κ3) is 4.75. The first-order valence-corrected chi connectivity index (χ1v) is 10.3. The van der Waals surface area contributed by atoms with Crippen molar-refractivity contribution < 1.29 is 17.6 Å². The van der Waals surface area contributed by atoms with E-state index in [4.69, 9.17) is 4.42 Å². The van der Waals surface area contributed by atoms with E-state index in [1.807, 2.05) is 31.2 Å². The van der Waals surface area contributed by atoms with Crippen LogP contribution < -0.4 is 5.43 Å². The van der Waals surface area contributed by atoms with Gasteiger partial charge in [0.25, 0.3) is 0 Å². The van der Waals surface area contributed by atoms with Crippen LogP contribution in [0.5, 0.6) is 0 Å². The molecule has 6 nitrogen and oxygen atoms in total. The number of rotatable bonds is 6. The molecule has 0 bridgehead atoms. The lowest BCUT2D eigenvalue weighted by atomic mass is 10.1. The molecule has 1 aromatic heterocycles. The summed E-state index contributed by atoms with van der Waals surface area (Å²) in [6.45, 7) is 3.77. The molecule has 0 aliphatic rings. The highest BCUT2D eigenvalue weighted by Gasteiger charge is 2.19. The Kier molecular flexibility index (Phi) is 5.75. The quantitative estimate of drug-likeness (QED) is 0.508. The Labute approximate surface area is 163 Å². The first kappa shape index (κ1) is 19.6. The highest BCUT2D eigenvalue weighted by Crippen LogP contribution is 2.18. The van der Waals surface area contributed by atoms with Gasteiger partial charge in [-0.3, -0.25) is 4.79 Å². The Morgan fingerprint density at radius 3 is 2.36 bits per heavy atom. The SMILES string of the molecule is C/C(=N/NC(=O)c1ccc(CS(=O)(=O)c2ccccc2)o1)c1ccc(C)cc1. The number of nitrogens with zero attached hydrogens (tertiary/aromatic N) is 1. The van der Waals surface area contributed by atoms with Gasteiger partial charge >= 0.3 is 5.91 Å². The lowest BCUT2D eigenvalue weighted by molar-refractivity contribution is 0.0925. The van der Waals surface area contributed by atoms with Crippen molar-refractivity contribution in [3.63, 3.8) is 0 Å². The predicted octanol–water partition coefficient (Wildman–Crippen LogP) is 3.72. The number of carbonyl (C=O) groups is 1. The summed E-state index contributed by atoms with van der Waals surface area (Å²) >= 11 is 0. The number of benzene rings is 2. The zero-order valence-corrected chi connectivity index (χ0v) is 16.4. The summed E-state index contributed by atoms with van der Waals surface area (Å²) in [5, 5.41) is 4.07. The molecule has 0 saturated carbocycles. The summed E-state index contributed by atoms with van der Waals surface area (Å²) in [5.41, 5.74) is 5.09. The number of furan rings is 1. The van der Waals surface area contributed by atoms with Gasteiger partial charge in [-0.1, -0.05) is 48.0 Å². The molecule has 2 aromatic carbocycles. The highest BCUT2D eigenvalue weighted by molar-refractivity contribution is 7.90. The number of nitrogens with one attached hydrogen (secondary N) is 1. The molecule has 144 valence electrons. The van der Waals surface area contributed by atoms with Crippen LogP contribution in [-0.2, 0) is 15.6 Å². The van der Waals surface area contributed by atoms with Gasteiger partial charge in [0, 0.05) is 0 Å². The van der Waals surface area contributed by atoms with Crippen molar-refractivity contribution in [3.05, 3.63) is 89.4 Å². The monoisotopic (exact) mass is 396 g/mol. The summed E-state index contributed by atoms with van der Waals surface area (Å²) in [5.74, 6) is -0.683. The molecule has 0 aliphatic heterocycles. The minimum absolute atomic E-state index is 0.00119. The van der Waals surface area contributed by atoms with Gasteiger partial charge in [0.1, 0.15) is 11.5 Å². The number of hydrogen-bond donors (Lipinski definition) is 1. The topological polar surface area (TPSA) is 88.7 Å². The van der Waals surface area contributed by atoms with Gasteiger partial charge in [0.15, 0.2) is 15.6 Å². The molecule has 0 radical (unpaired) electrons. The summed E-state index contributed by atoms with van der Waals surface area (Å²) in [6, 6.07) is 18.8. The number of aryl methyl sites for hydroxylation is 1. The van der Waals surface area contributed by atoms with Crippen molar-refractivity contribution in [2.24, 2.45) is 5.10 Å². The van der Waals surface area contributed by atoms with E-state index >= 15 is 0 Å². The van der Waals surface area contributed by atoms with Crippen LogP contribution in [0.2, 0.25) is 0 Å². The molecule has 0 aliphatic carbocycles. The van der Waals surface area contributed by atoms with E-state index in [1.165, 1.54) is 24.3 Å². The van der Waals surface area contributed by atoms with Crippen LogP contribution in [0.15, 0.2) is 81.1 Å². The Hall–Kier alpha value is -3.19. The van der Waals surface area contributed by atoms with Gasteiger partial charge in [-0.25, -0.2) is 13.8 Å². The van der Waals surface area contributed by atoms with Crippen LogP contribution >= 0.6 is 0 Å². The number of hydrogen-bond acceptors (Lipinski definition) is 5. The predicted molar refractivity (Wildman–Crippen MR) is 107 cm³/mol. The van der Waals surface area contributed by atoms with Crippen molar-refractivity contribution in [3.8, 4) is 0 Å². The summed E-state index contributed by atoms with van der Waals surface area (Å²) in [6.07, 6.45) is 0. The van der Waals surface area contributed by atoms with E-state index in [0.29, 0.717) is 5.71 Å². The van der Waals surface area contributed by atoms with E-state index in [-0.39, 0.29) is 22.2 Å². The van der Waals surface area contributed by atoms with E-state index in [9.17, 15) is 13.2 Å². The average Bonchev–Trinajstić information content (AvgIpc) is 3.15. The van der Waals surface area contributed by atoms with Crippen LogP contribution in [0, 0.1) is 6.92 Å². The van der Waals surface area contributed by atoms with E-state index < -0.39 is 15.7 Å². The Morgan fingerprint density at radius 2 is 1.68 bits per heavy atom. The number of carbonyl (C=O) groups excluding carboxylic acids is 1. The molecular formula is C21H20N2O4S. The van der Waals surface area contributed by atoms with Crippen LogP contribution in [0.4, 0.5) is 0 Å². The van der Waals surface area contributed by atoms with Crippen molar-refractivity contribution in [2.75, 3.05) is 0 Å². The summed E-state index contributed by atoms with van der Waals surface area (Å²) in [7, 11) is -3.54. The fraction of sp³-hybridized carbons (Fsp3) is 0.143. The second kappa shape index (κ2) is 8.22. The van der Waals surface area contributed by atoms with Crippen LogP contribution in [0.1, 0.15) is 34.4 Å². The van der Waals surface area contributed by atoms with Crippen molar-refractivity contribution in [1.29, 1.82) is 0 Å². The molecule has 3 aromatic rings. The van der Waals surface area contributed by atoms with Gasteiger partial charge in [0.05, 0.1) is 10.6 Å². The molecule has 28 heavy (non-hydrogen) atoms. The first-order valence-electron chi connectivity index (χ1n) is 8.63. The van der Waals surface area contributed by atoms with Crippen molar-refractivity contribution >= 4 is 21.5 Å². The van der Waals surface area contributed by atoms with E-state index in [2.05, 4.69) is 10.5 Å². The largest absolute Gasteiger partial charge is 0.455 e. The standard InChI is InChI=1S/C21H20N2O4S/c1-15-8-10-17(11-9-15)16(2)22-23-21(24)20-13-12-18(27-20)14-28(25,26)19-6-4-3-5-7-19/h3-13H,14H2,1-2H3,(H,23,24)/b22-16-. The van der Waals surface area contributed by atoms with Gasteiger partial charge < -0.3 is 4.42 Å². The zero-order valence-electron chi connectivity index (χ0n) is 15.5. The second-order valence-electron chi connectivity index (χ2n) is 6.34. The van der Waals surface area contributed by atoms with Crippen molar-refractivity contribution in [1.82, 2.24) is 5.43 Å². The number of hydrazone groups is 1. The second-order valence-corrected chi connectivity index (χ2v) is 8.33. The molecule has 0 spiro atoms. The highest BCUT2D eigenvalue weighted by atomic mass is 32.2. The van der Waals surface area contributed by atoms with E-state index in [0.717, 1.165) is 11.1 Å². The lowest BCUT2D eigenvalue weighted by Crippen LogP contribution is -2.18. The molecule has 0 unspecified atom stereocenters. The molecule has 3 rings (SSSR count). The molecule has 1 heterocycles. The minimum Gasteiger partial charge on any atom is -0.455 e. The molecule has 0 atom stereocenters. The third-order valence-corrected chi connectivity index (χ3v) is 5.77. The maximum atomic E-state index is 12.4. The molecule has 7 heteroatoms. The smallest absolute Gasteiger partial charge is 0.307 e. The van der Waals surface area contributed by atoms with Crippen LogP contribution in [0.3, 0.4) is 0 Å². The Morgan fingerprint density at radius 1 is 1.00 bits per heavy atom. The minimum atomic E-state index is -3.54. The number of amides is 1. The third-order valence-electron chi connectivity index (χ3n) is 4.11. The zero-order chi connectivity index (χ0) is 20.1. The summed E-state index contributed by atoms with van der Waals surface area (Å²) < 4.78 is 30.2. The molecular weight excluding hydrogens is 376 g/mol. The maximum absolute atomic E-state index is 12.4. The van der Waals surface area contributed by atoms with Gasteiger partial charge in [-0.15, -0.1) is 0 Å². The maximum Gasteiger partial charge on any atom is 0.307 e.